The molecule has 1 atom stereocenters. The lowest BCUT2D eigenvalue weighted by Gasteiger charge is -2.36. The third kappa shape index (κ3) is 5.75. The summed E-state index contributed by atoms with van der Waals surface area (Å²) in [6.45, 7) is 8.56. The molecule has 1 unspecified atom stereocenters. The number of carboxylic acid groups (broad SMARTS) is 1. The summed E-state index contributed by atoms with van der Waals surface area (Å²) < 4.78 is 21.5. The van der Waals surface area contributed by atoms with Gasteiger partial charge in [0.25, 0.3) is 0 Å². The van der Waals surface area contributed by atoms with Crippen LogP contribution >= 0.6 is 0 Å². The van der Waals surface area contributed by atoms with E-state index >= 15 is 4.39 Å². The Kier molecular flexibility index (Phi) is 7.08. The molecule has 2 fully saturated rings. The molecule has 2 aliphatic rings. The molecule has 4 nitrogen and oxygen atoms in total. The van der Waals surface area contributed by atoms with Gasteiger partial charge in [-0.05, 0) is 67.7 Å². The summed E-state index contributed by atoms with van der Waals surface area (Å²) in [4.78, 5) is 13.2. The normalized spacial score (nSPS) is 24.1. The zero-order chi connectivity index (χ0) is 23.6. The second-order valence-electron chi connectivity index (χ2n) is 10.8. The molecule has 33 heavy (non-hydrogen) atoms. The number of benzene rings is 2. The zero-order valence-corrected chi connectivity index (χ0v) is 20.0. The molecule has 2 aromatic carbocycles. The fourth-order valence-corrected chi connectivity index (χ4v) is 5.30. The van der Waals surface area contributed by atoms with E-state index in [1.165, 1.54) is 12.8 Å². The number of hydrogen-bond acceptors (Lipinski definition) is 3. The predicted octanol–water partition coefficient (Wildman–Crippen LogP) is 6.38. The van der Waals surface area contributed by atoms with Gasteiger partial charge in [0.1, 0.15) is 11.6 Å². The van der Waals surface area contributed by atoms with Crippen LogP contribution in [0.2, 0.25) is 0 Å². The first kappa shape index (κ1) is 23.7. The minimum Gasteiger partial charge on any atom is -0.490 e. The van der Waals surface area contributed by atoms with Crippen LogP contribution in [-0.4, -0.2) is 35.2 Å². The van der Waals surface area contributed by atoms with Crippen molar-refractivity contribution in [1.82, 2.24) is 4.90 Å². The summed E-state index contributed by atoms with van der Waals surface area (Å²) in [5.74, 6) is 0.242. The fourth-order valence-electron chi connectivity index (χ4n) is 5.30. The number of halogens is 1. The Morgan fingerprint density at radius 1 is 1.06 bits per heavy atom. The standard InChI is InChI=1S/C28H36FNO3/c1-28(2,3)22-9-13-24(14-10-22)33-23-11-7-19(8-12-23)25-6-4-5-20(26(25)29)17-30-16-15-21(18-30)27(31)32/h4-8,11-12,21-22,24H,9-10,13-18H2,1-3H3,(H,31,32). The number of likely N-dealkylation sites (tertiary alicyclic amines) is 1. The maximum Gasteiger partial charge on any atom is 0.307 e. The number of carbonyl (C=O) groups is 1. The summed E-state index contributed by atoms with van der Waals surface area (Å²) in [6, 6.07) is 13.2. The van der Waals surface area contributed by atoms with Crippen molar-refractivity contribution < 1.29 is 19.0 Å². The van der Waals surface area contributed by atoms with Crippen LogP contribution in [0.15, 0.2) is 42.5 Å². The van der Waals surface area contributed by atoms with Crippen molar-refractivity contribution in [3.8, 4) is 16.9 Å². The Balaban J connectivity index is 1.38. The molecule has 0 aromatic heterocycles. The molecule has 1 heterocycles. The molecule has 0 amide bonds. The molecule has 0 radical (unpaired) electrons. The van der Waals surface area contributed by atoms with Crippen molar-refractivity contribution >= 4 is 5.97 Å². The monoisotopic (exact) mass is 453 g/mol. The molecule has 4 rings (SSSR count). The van der Waals surface area contributed by atoms with Gasteiger partial charge in [-0.15, -0.1) is 0 Å². The van der Waals surface area contributed by atoms with E-state index in [0.717, 1.165) is 30.1 Å². The van der Waals surface area contributed by atoms with Gasteiger partial charge in [0, 0.05) is 24.2 Å². The first-order valence-electron chi connectivity index (χ1n) is 12.2. The molecule has 0 spiro atoms. The van der Waals surface area contributed by atoms with E-state index in [9.17, 15) is 9.90 Å². The van der Waals surface area contributed by atoms with Crippen LogP contribution in [-0.2, 0) is 11.3 Å². The molecule has 0 bridgehead atoms. The molecular weight excluding hydrogens is 417 g/mol. The highest BCUT2D eigenvalue weighted by Gasteiger charge is 2.31. The summed E-state index contributed by atoms with van der Waals surface area (Å²) in [7, 11) is 0. The lowest BCUT2D eigenvalue weighted by molar-refractivity contribution is -0.141. The number of rotatable bonds is 6. The third-order valence-corrected chi connectivity index (χ3v) is 7.46. The minimum atomic E-state index is -0.767. The summed E-state index contributed by atoms with van der Waals surface area (Å²) in [5.41, 5.74) is 2.36. The maximum atomic E-state index is 15.3. The average Bonchev–Trinajstić information content (AvgIpc) is 3.25. The SMILES string of the molecule is CC(C)(C)C1CCC(Oc2ccc(-c3cccc(CN4CCC(C(=O)O)C4)c3F)cc2)CC1. The van der Waals surface area contributed by atoms with Gasteiger partial charge in [0.05, 0.1) is 12.0 Å². The van der Waals surface area contributed by atoms with E-state index in [1.807, 2.05) is 35.2 Å². The van der Waals surface area contributed by atoms with Crippen molar-refractivity contribution in [2.75, 3.05) is 13.1 Å². The van der Waals surface area contributed by atoms with Gasteiger partial charge in [-0.2, -0.15) is 0 Å². The fraction of sp³-hybridized carbons (Fsp3) is 0.536. The molecule has 1 saturated carbocycles. The van der Waals surface area contributed by atoms with Crippen molar-refractivity contribution in [3.63, 3.8) is 0 Å². The molecule has 1 aliphatic heterocycles. The van der Waals surface area contributed by atoms with Gasteiger partial charge < -0.3 is 9.84 Å². The van der Waals surface area contributed by atoms with E-state index in [0.29, 0.717) is 42.6 Å². The third-order valence-electron chi connectivity index (χ3n) is 7.46. The lowest BCUT2D eigenvalue weighted by atomic mass is 9.72. The van der Waals surface area contributed by atoms with Gasteiger partial charge >= 0.3 is 5.97 Å². The second-order valence-corrected chi connectivity index (χ2v) is 10.8. The molecule has 2 aromatic rings. The predicted molar refractivity (Wildman–Crippen MR) is 129 cm³/mol. The van der Waals surface area contributed by atoms with Crippen molar-refractivity contribution in [3.05, 3.63) is 53.8 Å². The smallest absolute Gasteiger partial charge is 0.307 e. The highest BCUT2D eigenvalue weighted by atomic mass is 19.1. The van der Waals surface area contributed by atoms with E-state index in [4.69, 9.17) is 4.74 Å². The number of ether oxygens (including phenoxy) is 1. The van der Waals surface area contributed by atoms with E-state index in [2.05, 4.69) is 20.8 Å². The van der Waals surface area contributed by atoms with Gasteiger partial charge in [0.15, 0.2) is 0 Å². The highest BCUT2D eigenvalue weighted by molar-refractivity contribution is 5.70. The van der Waals surface area contributed by atoms with Crippen LogP contribution in [0.1, 0.15) is 58.4 Å². The topological polar surface area (TPSA) is 49.8 Å². The largest absolute Gasteiger partial charge is 0.490 e. The average molecular weight is 454 g/mol. The molecule has 1 aliphatic carbocycles. The quantitative estimate of drug-likeness (QED) is 0.551. The summed E-state index contributed by atoms with van der Waals surface area (Å²) in [5, 5.41) is 9.20. The number of hydrogen-bond donors (Lipinski definition) is 1. The lowest BCUT2D eigenvalue weighted by Crippen LogP contribution is -2.30. The Morgan fingerprint density at radius 2 is 1.76 bits per heavy atom. The van der Waals surface area contributed by atoms with Crippen LogP contribution < -0.4 is 4.74 Å². The molecule has 178 valence electrons. The summed E-state index contributed by atoms with van der Waals surface area (Å²) in [6.07, 6.45) is 5.45. The second kappa shape index (κ2) is 9.84. The van der Waals surface area contributed by atoms with Crippen molar-refractivity contribution in [1.29, 1.82) is 0 Å². The molecule has 5 heteroatoms. The minimum absolute atomic E-state index is 0.231. The van der Waals surface area contributed by atoms with Crippen LogP contribution in [0.3, 0.4) is 0 Å². The van der Waals surface area contributed by atoms with E-state index in [-0.39, 0.29) is 17.8 Å². The van der Waals surface area contributed by atoms with Crippen LogP contribution in [0, 0.1) is 23.1 Å². The number of carboxylic acids is 1. The van der Waals surface area contributed by atoms with Crippen molar-refractivity contribution in [2.24, 2.45) is 17.3 Å². The Labute approximate surface area is 196 Å². The van der Waals surface area contributed by atoms with Gasteiger partial charge in [0.2, 0.25) is 0 Å². The van der Waals surface area contributed by atoms with E-state index in [1.54, 1.807) is 12.1 Å². The first-order chi connectivity index (χ1) is 15.7. The Morgan fingerprint density at radius 3 is 2.36 bits per heavy atom. The molecule has 1 saturated heterocycles. The number of aliphatic carboxylic acids is 1. The van der Waals surface area contributed by atoms with Crippen LogP contribution in [0.5, 0.6) is 5.75 Å². The first-order valence-corrected chi connectivity index (χ1v) is 12.2. The van der Waals surface area contributed by atoms with Gasteiger partial charge in [-0.25, -0.2) is 4.39 Å². The van der Waals surface area contributed by atoms with Crippen LogP contribution in [0.25, 0.3) is 11.1 Å². The van der Waals surface area contributed by atoms with Gasteiger partial charge in [-0.1, -0.05) is 51.1 Å². The Bertz CT molecular complexity index is 958. The van der Waals surface area contributed by atoms with Crippen LogP contribution in [0.4, 0.5) is 4.39 Å². The number of nitrogens with zero attached hydrogens (tertiary/aromatic N) is 1. The molecule has 1 N–H and O–H groups in total. The van der Waals surface area contributed by atoms with E-state index < -0.39 is 5.97 Å². The summed E-state index contributed by atoms with van der Waals surface area (Å²) >= 11 is 0. The zero-order valence-electron chi connectivity index (χ0n) is 20.0. The molecular formula is C28H36FNO3. The Hall–Kier alpha value is -2.40. The highest BCUT2D eigenvalue weighted by Crippen LogP contribution is 2.39. The maximum absolute atomic E-state index is 15.3. The van der Waals surface area contributed by atoms with Gasteiger partial charge in [-0.3, -0.25) is 9.69 Å². The van der Waals surface area contributed by atoms with Crippen molar-refractivity contribution in [2.45, 2.75) is 65.5 Å².